The van der Waals surface area contributed by atoms with E-state index in [2.05, 4.69) is 31.3 Å². The van der Waals surface area contributed by atoms with Crippen LogP contribution in [0.1, 0.15) is 21.7 Å². The van der Waals surface area contributed by atoms with Crippen molar-refractivity contribution >= 4 is 39.2 Å². The highest BCUT2D eigenvalue weighted by atomic mass is 79.9. The van der Waals surface area contributed by atoms with Crippen molar-refractivity contribution in [3.8, 4) is 5.82 Å². The van der Waals surface area contributed by atoms with Crippen LogP contribution in [0, 0.1) is 24.0 Å². The van der Waals surface area contributed by atoms with Crippen LogP contribution in [0.4, 0.5) is 11.4 Å². The van der Waals surface area contributed by atoms with E-state index in [4.69, 9.17) is 4.74 Å². The molecule has 30 heavy (non-hydrogen) atoms. The molecule has 0 unspecified atom stereocenters. The molecule has 0 aliphatic heterocycles. The summed E-state index contributed by atoms with van der Waals surface area (Å²) in [4.78, 5) is 38.6. The summed E-state index contributed by atoms with van der Waals surface area (Å²) in [5, 5.41) is 17.6. The highest BCUT2D eigenvalue weighted by Crippen LogP contribution is 2.27. The number of nitrogens with zero attached hydrogens (tertiary/aromatic N) is 4. The number of nitrogens with one attached hydrogen (secondary N) is 1. The summed E-state index contributed by atoms with van der Waals surface area (Å²) in [5.41, 5.74) is 2.14. The molecule has 3 rings (SSSR count). The minimum Gasteiger partial charge on any atom is -0.452 e. The average molecular weight is 474 g/mol. The van der Waals surface area contributed by atoms with Crippen molar-refractivity contribution in [3.05, 3.63) is 74.1 Å². The Kier molecular flexibility index (Phi) is 6.21. The molecular formula is C19H16BrN5O5. The smallest absolute Gasteiger partial charge is 0.340 e. The summed E-state index contributed by atoms with van der Waals surface area (Å²) in [6.45, 7) is 3.24. The average Bonchev–Trinajstić information content (AvgIpc) is 3.05. The van der Waals surface area contributed by atoms with Gasteiger partial charge >= 0.3 is 5.97 Å². The van der Waals surface area contributed by atoms with E-state index in [1.54, 1.807) is 10.7 Å². The van der Waals surface area contributed by atoms with E-state index in [1.807, 2.05) is 19.9 Å². The summed E-state index contributed by atoms with van der Waals surface area (Å²) in [6.07, 6.45) is 1.35. The van der Waals surface area contributed by atoms with E-state index < -0.39 is 23.4 Å². The molecule has 0 saturated carbocycles. The lowest BCUT2D eigenvalue weighted by atomic mass is 10.3. The Labute approximate surface area is 179 Å². The van der Waals surface area contributed by atoms with Gasteiger partial charge in [0, 0.05) is 28.5 Å². The highest BCUT2D eigenvalue weighted by molar-refractivity contribution is 9.10. The van der Waals surface area contributed by atoms with Gasteiger partial charge in [0.2, 0.25) is 0 Å². The fraction of sp³-hybridized carbons (Fsp3) is 0.158. The van der Waals surface area contributed by atoms with Gasteiger partial charge in [0.1, 0.15) is 0 Å². The largest absolute Gasteiger partial charge is 0.452 e. The van der Waals surface area contributed by atoms with E-state index in [0.717, 1.165) is 11.4 Å². The molecule has 0 bridgehead atoms. The maximum Gasteiger partial charge on any atom is 0.340 e. The third-order valence-electron chi connectivity index (χ3n) is 3.98. The standard InChI is InChI=1S/C19H16BrN5O5/c1-11-7-12(2)24(23-11)17-6-3-13(9-21-17)19(27)30-10-18(26)22-16-5-4-14(25(28)29)8-15(16)20/h3-9H,10H2,1-2H3,(H,22,26). The molecule has 0 fully saturated rings. The Bertz CT molecular complexity index is 1130. The Morgan fingerprint density at radius 3 is 2.57 bits per heavy atom. The summed E-state index contributed by atoms with van der Waals surface area (Å²) in [6, 6.07) is 8.96. The maximum atomic E-state index is 12.2. The van der Waals surface area contributed by atoms with Gasteiger partial charge in [0.05, 0.1) is 21.9 Å². The number of ether oxygens (including phenoxy) is 1. The van der Waals surface area contributed by atoms with Crippen LogP contribution in [0.2, 0.25) is 0 Å². The number of aryl methyl sites for hydroxylation is 2. The minimum atomic E-state index is -0.708. The number of nitro groups is 1. The third kappa shape index (κ3) is 4.87. The predicted molar refractivity (Wildman–Crippen MR) is 111 cm³/mol. The normalized spacial score (nSPS) is 10.5. The number of rotatable bonds is 6. The topological polar surface area (TPSA) is 129 Å². The molecule has 2 heterocycles. The number of esters is 1. The van der Waals surface area contributed by atoms with Gasteiger partial charge in [-0.2, -0.15) is 5.10 Å². The number of carbonyl (C=O) groups excluding carboxylic acids is 2. The van der Waals surface area contributed by atoms with Gasteiger partial charge in [-0.05, 0) is 54.0 Å². The Balaban J connectivity index is 1.58. The van der Waals surface area contributed by atoms with Crippen LogP contribution < -0.4 is 5.32 Å². The van der Waals surface area contributed by atoms with Crippen LogP contribution >= 0.6 is 15.9 Å². The number of halogens is 1. The van der Waals surface area contributed by atoms with Crippen LogP contribution in [0.25, 0.3) is 5.82 Å². The van der Waals surface area contributed by atoms with Crippen molar-refractivity contribution in [3.63, 3.8) is 0 Å². The quantitative estimate of drug-likeness (QED) is 0.330. The molecule has 0 radical (unpaired) electrons. The Morgan fingerprint density at radius 2 is 2.00 bits per heavy atom. The third-order valence-corrected chi connectivity index (χ3v) is 4.64. The van der Waals surface area contributed by atoms with Crippen molar-refractivity contribution in [1.82, 2.24) is 14.8 Å². The highest BCUT2D eigenvalue weighted by Gasteiger charge is 2.14. The molecule has 10 nitrogen and oxygen atoms in total. The van der Waals surface area contributed by atoms with Crippen LogP contribution in [0.5, 0.6) is 0 Å². The second-order valence-corrected chi connectivity index (χ2v) is 7.14. The lowest BCUT2D eigenvalue weighted by Crippen LogP contribution is -2.21. The van der Waals surface area contributed by atoms with Gasteiger partial charge in [0.15, 0.2) is 12.4 Å². The van der Waals surface area contributed by atoms with Crippen LogP contribution in [-0.4, -0.2) is 38.2 Å². The number of carbonyl (C=O) groups is 2. The first-order valence-electron chi connectivity index (χ1n) is 8.65. The van der Waals surface area contributed by atoms with Gasteiger partial charge in [-0.1, -0.05) is 0 Å². The van der Waals surface area contributed by atoms with Crippen molar-refractivity contribution < 1.29 is 19.2 Å². The molecule has 0 atom stereocenters. The van der Waals surface area contributed by atoms with Gasteiger partial charge in [-0.3, -0.25) is 14.9 Å². The van der Waals surface area contributed by atoms with E-state index in [0.29, 0.717) is 16.0 Å². The van der Waals surface area contributed by atoms with Crippen molar-refractivity contribution in [2.75, 3.05) is 11.9 Å². The van der Waals surface area contributed by atoms with Crippen LogP contribution in [0.3, 0.4) is 0 Å². The molecule has 11 heteroatoms. The first kappa shape index (κ1) is 21.1. The minimum absolute atomic E-state index is 0.122. The van der Waals surface area contributed by atoms with E-state index >= 15 is 0 Å². The first-order chi connectivity index (χ1) is 14.2. The summed E-state index contributed by atoms with van der Waals surface area (Å²) in [7, 11) is 0. The second-order valence-electron chi connectivity index (χ2n) is 6.29. The van der Waals surface area contributed by atoms with Gasteiger partial charge in [0.25, 0.3) is 11.6 Å². The number of pyridine rings is 1. The van der Waals surface area contributed by atoms with Crippen molar-refractivity contribution in [1.29, 1.82) is 0 Å². The SMILES string of the molecule is Cc1cc(C)n(-c2ccc(C(=O)OCC(=O)Nc3ccc([N+](=O)[O-])cc3Br)cn2)n1. The van der Waals surface area contributed by atoms with Crippen LogP contribution in [0.15, 0.2) is 47.1 Å². The van der Waals surface area contributed by atoms with Gasteiger partial charge < -0.3 is 10.1 Å². The fourth-order valence-electron chi connectivity index (χ4n) is 2.61. The van der Waals surface area contributed by atoms with Crippen molar-refractivity contribution in [2.24, 2.45) is 0 Å². The molecule has 0 saturated heterocycles. The number of hydrogen-bond donors (Lipinski definition) is 1. The number of benzene rings is 1. The van der Waals surface area contributed by atoms with E-state index in [1.165, 1.54) is 30.5 Å². The monoisotopic (exact) mass is 473 g/mol. The van der Waals surface area contributed by atoms with Gasteiger partial charge in [-0.25, -0.2) is 14.5 Å². The lowest BCUT2D eigenvalue weighted by molar-refractivity contribution is -0.384. The fourth-order valence-corrected chi connectivity index (χ4v) is 3.08. The number of non-ortho nitro benzene ring substituents is 1. The number of nitro benzene ring substituents is 1. The van der Waals surface area contributed by atoms with E-state index in [-0.39, 0.29) is 11.3 Å². The van der Waals surface area contributed by atoms with Crippen LogP contribution in [-0.2, 0) is 9.53 Å². The molecular weight excluding hydrogens is 458 g/mol. The molecule has 1 N–H and O–H groups in total. The molecule has 0 aliphatic rings. The summed E-state index contributed by atoms with van der Waals surface area (Å²) < 4.78 is 6.99. The number of amides is 1. The molecule has 0 spiro atoms. The molecule has 154 valence electrons. The molecule has 2 aromatic heterocycles. The zero-order valence-corrected chi connectivity index (χ0v) is 17.5. The zero-order chi connectivity index (χ0) is 21.8. The van der Waals surface area contributed by atoms with E-state index in [9.17, 15) is 19.7 Å². The molecule has 3 aromatic rings. The molecule has 0 aliphatic carbocycles. The van der Waals surface area contributed by atoms with Crippen molar-refractivity contribution in [2.45, 2.75) is 13.8 Å². The number of anilines is 1. The predicted octanol–water partition coefficient (Wildman–Crippen LogP) is 3.35. The number of hydrogen-bond acceptors (Lipinski definition) is 7. The Morgan fingerprint density at radius 1 is 1.23 bits per heavy atom. The maximum absolute atomic E-state index is 12.2. The first-order valence-corrected chi connectivity index (χ1v) is 9.44. The lowest BCUT2D eigenvalue weighted by Gasteiger charge is -2.08. The van der Waals surface area contributed by atoms with Gasteiger partial charge in [-0.15, -0.1) is 0 Å². The molecule has 1 aromatic carbocycles. The zero-order valence-electron chi connectivity index (χ0n) is 16.0. The number of aromatic nitrogens is 3. The molecule has 1 amide bonds. The second kappa shape index (κ2) is 8.82. The Hall–Kier alpha value is -3.60. The summed E-state index contributed by atoms with van der Waals surface area (Å²) >= 11 is 3.15. The summed E-state index contributed by atoms with van der Waals surface area (Å²) in [5.74, 6) is -0.747.